The van der Waals surface area contributed by atoms with E-state index in [-0.39, 0.29) is 48.4 Å². The number of aryl methyl sites for hydroxylation is 3. The zero-order chi connectivity index (χ0) is 39.9. The van der Waals surface area contributed by atoms with Gasteiger partial charge in [0.1, 0.15) is 5.75 Å². The third kappa shape index (κ3) is 7.31. The molecule has 0 amide bonds. The first kappa shape index (κ1) is 20.6. The number of ether oxygens (including phenoxy) is 1. The first-order chi connectivity index (χ1) is 25.7. The van der Waals surface area contributed by atoms with Gasteiger partial charge in [-0.15, -0.1) is 59.2 Å². The number of hydrogen-bond donors (Lipinski definition) is 0. The molecule has 0 fully saturated rings. The molecule has 0 saturated heterocycles. The first-order valence-electron chi connectivity index (χ1n) is 19.7. The van der Waals surface area contributed by atoms with E-state index >= 15 is 0 Å². The molecule has 1 radical (unpaired) electrons. The zero-order valence-corrected chi connectivity index (χ0v) is 27.0. The third-order valence-corrected chi connectivity index (χ3v) is 7.01. The van der Waals surface area contributed by atoms with Crippen LogP contribution in [0.25, 0.3) is 44.8 Å². The summed E-state index contributed by atoms with van der Waals surface area (Å²) in [6.45, 7) is -3.69. The number of fused-ring (bicyclic) bond motifs is 5. The maximum atomic E-state index is 8.44. The molecular weight excluding hydrogens is 729 g/mol. The molecule has 7 rings (SSSR count). The van der Waals surface area contributed by atoms with Crippen LogP contribution in [0.4, 0.5) is 0 Å². The summed E-state index contributed by atoms with van der Waals surface area (Å²) in [5.74, 6) is 1.42. The van der Waals surface area contributed by atoms with E-state index in [4.69, 9.17) is 19.8 Å². The molecule has 227 valence electrons. The van der Waals surface area contributed by atoms with E-state index in [0.717, 1.165) is 45.5 Å². The standard InChI is InChI=1S/C27H22NO.C14H14N.Ir/c1-18(2)15-19-13-14-28-25(16-19)20-11-12-27-24(17-20)22-8-4-3-7-21(22)23-9-5-6-10-26(23)29-27;1-10-4-6-13(7-5-10)14-8-11(2)12(3)9-15-14;/h3-10,12-14,16-18H,15H2,1-2H3;4-6,8-9H,1-3H3;/q2*-1;/i15D2;1D3,2D3,3D3;. The maximum Gasteiger partial charge on any atom is 0.122 e. The van der Waals surface area contributed by atoms with Crippen LogP contribution in [0.1, 0.15) is 51.2 Å². The molecule has 0 atom stereocenters. The van der Waals surface area contributed by atoms with E-state index in [9.17, 15) is 0 Å². The second kappa shape index (κ2) is 14.2. The van der Waals surface area contributed by atoms with Crippen molar-refractivity contribution in [2.75, 3.05) is 0 Å². The van der Waals surface area contributed by atoms with Crippen LogP contribution in [0.3, 0.4) is 0 Å². The van der Waals surface area contributed by atoms with Gasteiger partial charge in [-0.1, -0.05) is 92.0 Å². The van der Waals surface area contributed by atoms with Crippen molar-refractivity contribution in [3.05, 3.63) is 144 Å². The summed E-state index contributed by atoms with van der Waals surface area (Å²) in [5.41, 5.74) is 6.43. The van der Waals surface area contributed by atoms with E-state index in [2.05, 4.69) is 40.3 Å². The molecule has 1 aliphatic rings. The van der Waals surface area contributed by atoms with Gasteiger partial charge < -0.3 is 14.7 Å². The molecule has 3 heterocycles. The van der Waals surface area contributed by atoms with Crippen molar-refractivity contribution in [1.29, 1.82) is 0 Å². The molecule has 0 aliphatic carbocycles. The minimum Gasteiger partial charge on any atom is -0.500 e. The Morgan fingerprint density at radius 2 is 1.44 bits per heavy atom. The minimum absolute atomic E-state index is 0. The van der Waals surface area contributed by atoms with E-state index in [1.807, 2.05) is 62.4 Å². The smallest absolute Gasteiger partial charge is 0.122 e. The SMILES string of the molecule is [2H]C([2H])([2H])c1c[c-]c(-c2cc(C([2H])([2H])[2H])c(C([2H])([2H])[2H])cn2)cc1.[2H]C([2H])(c1ccnc(-c2[c-]cc3c(c2)-c2ccccc2-c2ccccc2O3)c1)C(C)C.[Ir]. The van der Waals surface area contributed by atoms with Gasteiger partial charge in [-0.3, -0.25) is 0 Å². The molecular formula is C41H36IrN2O-2. The Morgan fingerprint density at radius 1 is 0.711 bits per heavy atom. The van der Waals surface area contributed by atoms with Gasteiger partial charge in [-0.25, -0.2) is 0 Å². The topological polar surface area (TPSA) is 35.0 Å². The van der Waals surface area contributed by atoms with E-state index in [1.165, 1.54) is 24.3 Å². The van der Waals surface area contributed by atoms with Crippen molar-refractivity contribution in [3.63, 3.8) is 0 Å². The van der Waals surface area contributed by atoms with Gasteiger partial charge in [-0.2, -0.15) is 0 Å². The number of aromatic nitrogens is 2. The molecule has 0 unspecified atom stereocenters. The van der Waals surface area contributed by atoms with Crippen LogP contribution >= 0.6 is 0 Å². The summed E-state index contributed by atoms with van der Waals surface area (Å²) in [6.07, 6.45) is 1.26. The van der Waals surface area contributed by atoms with Gasteiger partial charge in [0.15, 0.2) is 0 Å². The zero-order valence-electron chi connectivity index (χ0n) is 35.6. The molecule has 0 saturated carbocycles. The largest absolute Gasteiger partial charge is 0.500 e. The summed E-state index contributed by atoms with van der Waals surface area (Å²) in [7, 11) is 0. The summed E-state index contributed by atoms with van der Waals surface area (Å²) in [5, 5.41) is 0. The number of nitrogens with zero attached hydrogens (tertiary/aromatic N) is 2. The van der Waals surface area contributed by atoms with Gasteiger partial charge in [0.05, 0.1) is 5.75 Å². The number of para-hydroxylation sites is 1. The Kier molecular flexibility index (Phi) is 6.49. The van der Waals surface area contributed by atoms with Crippen molar-refractivity contribution in [2.24, 2.45) is 5.92 Å². The van der Waals surface area contributed by atoms with Crippen molar-refractivity contribution in [2.45, 2.75) is 40.8 Å². The second-order valence-electron chi connectivity index (χ2n) is 10.6. The molecule has 3 nitrogen and oxygen atoms in total. The van der Waals surface area contributed by atoms with Crippen LogP contribution in [0.2, 0.25) is 0 Å². The van der Waals surface area contributed by atoms with E-state index in [1.54, 1.807) is 12.3 Å². The third-order valence-electron chi connectivity index (χ3n) is 7.01. The van der Waals surface area contributed by atoms with Crippen LogP contribution in [0, 0.1) is 38.6 Å². The van der Waals surface area contributed by atoms with Crippen molar-refractivity contribution < 1.29 is 39.9 Å². The normalized spacial score (nSPS) is 15.8. The average molecular weight is 776 g/mol. The quantitative estimate of drug-likeness (QED) is 0.167. The molecule has 4 aromatic carbocycles. The fourth-order valence-corrected chi connectivity index (χ4v) is 4.96. The van der Waals surface area contributed by atoms with Gasteiger partial charge in [0.25, 0.3) is 0 Å². The van der Waals surface area contributed by atoms with Crippen molar-refractivity contribution in [3.8, 4) is 56.3 Å². The average Bonchev–Trinajstić information content (AvgIpc) is 3.28. The van der Waals surface area contributed by atoms with Crippen molar-refractivity contribution in [1.82, 2.24) is 9.97 Å². The predicted molar refractivity (Wildman–Crippen MR) is 181 cm³/mol. The summed E-state index contributed by atoms with van der Waals surface area (Å²) < 4.78 is 90.1. The predicted octanol–water partition coefficient (Wildman–Crippen LogP) is 10.7. The molecule has 1 aliphatic heterocycles. The van der Waals surface area contributed by atoms with Crippen LogP contribution in [0.15, 0.2) is 109 Å². The van der Waals surface area contributed by atoms with E-state index < -0.39 is 26.9 Å². The second-order valence-corrected chi connectivity index (χ2v) is 10.6. The Balaban J connectivity index is 0.000000218. The Morgan fingerprint density at radius 3 is 2.18 bits per heavy atom. The number of pyridine rings is 2. The maximum absolute atomic E-state index is 8.44. The summed E-state index contributed by atoms with van der Waals surface area (Å²) in [6, 6.07) is 35.2. The Hall–Kier alpha value is -4.37. The Bertz CT molecular complexity index is 2340. The summed E-state index contributed by atoms with van der Waals surface area (Å²) in [4.78, 5) is 8.51. The number of benzene rings is 4. The monoisotopic (exact) mass is 776 g/mol. The summed E-state index contributed by atoms with van der Waals surface area (Å²) >= 11 is 0. The van der Waals surface area contributed by atoms with Crippen LogP contribution in [-0.4, -0.2) is 9.97 Å². The van der Waals surface area contributed by atoms with Gasteiger partial charge in [0.2, 0.25) is 0 Å². The molecule has 0 spiro atoms. The number of hydrogen-bond acceptors (Lipinski definition) is 3. The molecule has 45 heavy (non-hydrogen) atoms. The fraction of sp³-hybridized carbons (Fsp3) is 0.171. The number of rotatable bonds is 4. The molecule has 6 aromatic rings. The minimum atomic E-state index is -2.61. The first-order valence-corrected chi connectivity index (χ1v) is 14.2. The van der Waals surface area contributed by atoms with Crippen LogP contribution < -0.4 is 4.74 Å². The van der Waals surface area contributed by atoms with Crippen LogP contribution in [0.5, 0.6) is 11.5 Å². The molecule has 2 aromatic heterocycles. The van der Waals surface area contributed by atoms with E-state index in [0.29, 0.717) is 16.8 Å². The fourth-order valence-electron chi connectivity index (χ4n) is 4.96. The van der Waals surface area contributed by atoms with Crippen LogP contribution in [-0.2, 0) is 26.5 Å². The van der Waals surface area contributed by atoms with Crippen molar-refractivity contribution >= 4 is 0 Å². The molecule has 0 N–H and O–H groups in total. The van der Waals surface area contributed by atoms with Gasteiger partial charge in [0, 0.05) is 53.1 Å². The van der Waals surface area contributed by atoms with Gasteiger partial charge in [-0.05, 0) is 66.2 Å². The molecule has 4 heteroatoms. The Labute approximate surface area is 296 Å². The molecule has 0 bridgehead atoms. The van der Waals surface area contributed by atoms with Gasteiger partial charge >= 0.3 is 0 Å².